The fourth-order valence-electron chi connectivity index (χ4n) is 4.63. The average Bonchev–Trinajstić information content (AvgIpc) is 2.71. The number of nitrogens with zero attached hydrogens (tertiary/aromatic N) is 1. The van der Waals surface area contributed by atoms with Gasteiger partial charge in [0.2, 0.25) is 0 Å². The van der Waals surface area contributed by atoms with E-state index >= 15 is 0 Å². The fourth-order valence-corrected chi connectivity index (χ4v) is 4.63. The Labute approximate surface area is 193 Å². The molecule has 2 aliphatic rings. The molecule has 0 spiro atoms. The summed E-state index contributed by atoms with van der Waals surface area (Å²) in [4.78, 5) is 37.7. The summed E-state index contributed by atoms with van der Waals surface area (Å²) in [6.07, 6.45) is 3.56. The van der Waals surface area contributed by atoms with Gasteiger partial charge < -0.3 is 20.1 Å². The Morgan fingerprint density at radius 3 is 2.64 bits per heavy atom. The Balaban J connectivity index is 2.02. The molecule has 10 nitrogen and oxygen atoms in total. The second kappa shape index (κ2) is 12.2. The number of carbonyl (C=O) groups excluding carboxylic acids is 2. The third kappa shape index (κ3) is 7.90. The molecule has 0 aromatic rings. The van der Waals surface area contributed by atoms with E-state index in [1.54, 1.807) is 6.08 Å². The monoisotopic (exact) mass is 469 g/mol. The molecule has 0 fully saturated rings. The van der Waals surface area contributed by atoms with Crippen molar-refractivity contribution in [3.8, 4) is 0 Å². The first kappa shape index (κ1) is 26.9. The van der Waals surface area contributed by atoms with Gasteiger partial charge in [0, 0.05) is 12.3 Å². The van der Waals surface area contributed by atoms with Crippen LogP contribution in [0.5, 0.6) is 0 Å². The Kier molecular flexibility index (Phi) is 10.00. The van der Waals surface area contributed by atoms with Crippen LogP contribution in [-0.2, 0) is 19.2 Å². The van der Waals surface area contributed by atoms with Gasteiger partial charge in [-0.3, -0.25) is 9.59 Å². The molecule has 0 aromatic heterocycles. The highest BCUT2D eigenvalue weighted by molar-refractivity contribution is 5.72. The summed E-state index contributed by atoms with van der Waals surface area (Å²) < 4.78 is 5.83. The lowest BCUT2D eigenvalue weighted by molar-refractivity contribution is -0.729. The topological polar surface area (TPSA) is 156 Å². The summed E-state index contributed by atoms with van der Waals surface area (Å²) in [6, 6.07) is 0. The van der Waals surface area contributed by atoms with Crippen LogP contribution < -0.4 is 0 Å². The fraction of sp³-hybridized carbons (Fsp3) is 0.739. The maximum atomic E-state index is 12.5. The van der Waals surface area contributed by atoms with E-state index in [1.807, 2.05) is 32.9 Å². The predicted molar refractivity (Wildman–Crippen MR) is 117 cm³/mol. The normalized spacial score (nSPS) is 29.3. The van der Waals surface area contributed by atoms with Gasteiger partial charge in [0.25, 0.3) is 0 Å². The highest BCUT2D eigenvalue weighted by atomic mass is 17.0. The summed E-state index contributed by atoms with van der Waals surface area (Å²) in [6.45, 7) is 5.77. The number of aliphatic hydroxyl groups excluding tert-OH is 3. The van der Waals surface area contributed by atoms with Crippen LogP contribution >= 0.6 is 0 Å². The van der Waals surface area contributed by atoms with Crippen molar-refractivity contribution in [2.75, 3.05) is 0 Å². The minimum atomic E-state index is -1.26. The third-order valence-corrected chi connectivity index (χ3v) is 6.61. The van der Waals surface area contributed by atoms with Crippen molar-refractivity contribution in [1.29, 1.82) is 0 Å². The molecule has 2 aliphatic carbocycles. The van der Waals surface area contributed by atoms with Gasteiger partial charge in [-0.15, -0.1) is 10.1 Å². The molecule has 0 aliphatic heterocycles. The average molecular weight is 470 g/mol. The van der Waals surface area contributed by atoms with Crippen molar-refractivity contribution in [2.24, 2.45) is 23.7 Å². The van der Waals surface area contributed by atoms with Crippen molar-refractivity contribution in [1.82, 2.24) is 0 Å². The van der Waals surface area contributed by atoms with E-state index in [1.165, 1.54) is 0 Å². The Bertz CT molecular complexity index is 765. The quantitative estimate of drug-likeness (QED) is 0.234. The van der Waals surface area contributed by atoms with E-state index in [2.05, 4.69) is 4.84 Å². The van der Waals surface area contributed by atoms with Gasteiger partial charge in [-0.25, -0.2) is 4.84 Å². The van der Waals surface area contributed by atoms with Crippen LogP contribution in [0, 0.1) is 33.8 Å². The van der Waals surface area contributed by atoms with Crippen LogP contribution in [-0.4, -0.2) is 56.8 Å². The molecule has 0 radical (unpaired) electrons. The van der Waals surface area contributed by atoms with Crippen LogP contribution in [0.1, 0.15) is 59.3 Å². The standard InChI is InChI=1S/C23H35NO9/c1-4-13(2)23(29)32-20-11-17(26)9-15-6-5-14(3)19(22(15)20)8-7-16(25)10-18(27)12-21(28)33-24(30)31/h5-6,9,13-14,16-20,22,25-27H,4,7-8,10-12H2,1-3H3. The molecule has 2 rings (SSSR count). The minimum Gasteiger partial charge on any atom is -0.461 e. The van der Waals surface area contributed by atoms with E-state index in [9.17, 15) is 35.0 Å². The number of aliphatic hydroxyl groups is 3. The predicted octanol–water partition coefficient (Wildman–Crippen LogP) is 2.09. The van der Waals surface area contributed by atoms with E-state index in [-0.39, 0.29) is 36.1 Å². The van der Waals surface area contributed by atoms with Gasteiger partial charge in [0.15, 0.2) is 0 Å². The Morgan fingerprint density at radius 2 is 2.00 bits per heavy atom. The van der Waals surface area contributed by atoms with Crippen molar-refractivity contribution in [2.45, 2.75) is 83.7 Å². The van der Waals surface area contributed by atoms with Gasteiger partial charge in [0.05, 0.1) is 30.7 Å². The molecular weight excluding hydrogens is 434 g/mol. The van der Waals surface area contributed by atoms with E-state index in [0.29, 0.717) is 25.7 Å². The number of hydrogen-bond donors (Lipinski definition) is 3. The van der Waals surface area contributed by atoms with Gasteiger partial charge in [-0.05, 0) is 43.1 Å². The smallest absolute Gasteiger partial charge is 0.308 e. The molecule has 8 atom stereocenters. The molecule has 3 N–H and O–H groups in total. The molecule has 0 saturated carbocycles. The second-order valence-corrected chi connectivity index (χ2v) is 9.17. The first-order valence-corrected chi connectivity index (χ1v) is 11.5. The molecule has 0 saturated heterocycles. The van der Waals surface area contributed by atoms with Gasteiger partial charge in [-0.2, -0.15) is 0 Å². The SMILES string of the molecule is CCC(C)C(=O)OC1CC(O)C=C2C=CC(C)C(CCC(O)CC(O)CC(=O)O[N+](=O)[O-])C21. The summed E-state index contributed by atoms with van der Waals surface area (Å²) in [5.74, 6) is -1.64. The number of ether oxygens (including phenoxy) is 1. The van der Waals surface area contributed by atoms with Crippen LogP contribution in [0.25, 0.3) is 0 Å². The zero-order valence-electron chi connectivity index (χ0n) is 19.3. The molecule has 0 amide bonds. The van der Waals surface area contributed by atoms with E-state index in [0.717, 1.165) is 5.57 Å². The molecule has 0 bridgehead atoms. The number of carbonyl (C=O) groups is 2. The maximum absolute atomic E-state index is 12.5. The summed E-state index contributed by atoms with van der Waals surface area (Å²) in [5, 5.41) is 39.5. The molecule has 186 valence electrons. The van der Waals surface area contributed by atoms with Crippen molar-refractivity contribution in [3.05, 3.63) is 33.9 Å². The van der Waals surface area contributed by atoms with Crippen molar-refractivity contribution in [3.63, 3.8) is 0 Å². The lowest BCUT2D eigenvalue weighted by Gasteiger charge is -2.43. The zero-order chi connectivity index (χ0) is 24.7. The van der Waals surface area contributed by atoms with Crippen LogP contribution in [0.4, 0.5) is 0 Å². The van der Waals surface area contributed by atoms with Crippen molar-refractivity contribution < 1.29 is 39.6 Å². The summed E-state index contributed by atoms with van der Waals surface area (Å²) in [5.41, 5.74) is 0.913. The number of esters is 1. The summed E-state index contributed by atoms with van der Waals surface area (Å²) in [7, 11) is 0. The minimum absolute atomic E-state index is 0.0368. The molecule has 33 heavy (non-hydrogen) atoms. The first-order valence-electron chi connectivity index (χ1n) is 11.5. The van der Waals surface area contributed by atoms with E-state index < -0.39 is 41.9 Å². The maximum Gasteiger partial charge on any atom is 0.308 e. The lowest BCUT2D eigenvalue weighted by atomic mass is 9.66. The van der Waals surface area contributed by atoms with Gasteiger partial charge in [-0.1, -0.05) is 39.0 Å². The summed E-state index contributed by atoms with van der Waals surface area (Å²) >= 11 is 0. The third-order valence-electron chi connectivity index (χ3n) is 6.61. The Morgan fingerprint density at radius 1 is 1.30 bits per heavy atom. The molecule has 0 heterocycles. The second-order valence-electron chi connectivity index (χ2n) is 9.17. The largest absolute Gasteiger partial charge is 0.461 e. The van der Waals surface area contributed by atoms with Gasteiger partial charge >= 0.3 is 17.0 Å². The number of rotatable bonds is 11. The molecule has 8 unspecified atom stereocenters. The van der Waals surface area contributed by atoms with E-state index in [4.69, 9.17) is 4.74 Å². The molecule has 0 aromatic carbocycles. The lowest BCUT2D eigenvalue weighted by Crippen LogP contribution is -2.43. The van der Waals surface area contributed by atoms with Gasteiger partial charge in [0.1, 0.15) is 6.10 Å². The zero-order valence-corrected chi connectivity index (χ0v) is 19.3. The Hall–Kier alpha value is -2.30. The van der Waals surface area contributed by atoms with Crippen LogP contribution in [0.2, 0.25) is 0 Å². The highest BCUT2D eigenvalue weighted by Gasteiger charge is 2.42. The number of hydrogen-bond acceptors (Lipinski definition) is 9. The van der Waals surface area contributed by atoms with Crippen LogP contribution in [0.15, 0.2) is 23.8 Å². The number of fused-ring (bicyclic) bond motifs is 1. The molecular formula is C23H35NO9. The molecule has 10 heteroatoms. The van der Waals surface area contributed by atoms with Crippen molar-refractivity contribution >= 4 is 11.9 Å². The highest BCUT2D eigenvalue weighted by Crippen LogP contribution is 2.44. The first-order chi connectivity index (χ1) is 15.5. The number of allylic oxidation sites excluding steroid dienone is 2. The van der Waals surface area contributed by atoms with Crippen LogP contribution in [0.3, 0.4) is 0 Å².